The predicted octanol–water partition coefficient (Wildman–Crippen LogP) is 2.84. The zero-order valence-corrected chi connectivity index (χ0v) is 11.0. The molecule has 2 atom stereocenters. The van der Waals surface area contributed by atoms with Gasteiger partial charge in [0.15, 0.2) is 8.32 Å². The third-order valence-corrected chi connectivity index (χ3v) is 8.12. The third-order valence-electron chi connectivity index (χ3n) is 3.62. The number of aldehydes is 1. The van der Waals surface area contributed by atoms with Crippen LogP contribution in [0.1, 0.15) is 27.2 Å². The van der Waals surface area contributed by atoms with Crippen LogP contribution >= 0.6 is 0 Å². The molecule has 3 heteroatoms. The van der Waals surface area contributed by atoms with Crippen molar-refractivity contribution in [3.05, 3.63) is 0 Å². The molecule has 2 nitrogen and oxygen atoms in total. The van der Waals surface area contributed by atoms with Crippen LogP contribution in [0.5, 0.6) is 0 Å². The highest BCUT2D eigenvalue weighted by Crippen LogP contribution is 2.41. The topological polar surface area (TPSA) is 26.3 Å². The summed E-state index contributed by atoms with van der Waals surface area (Å²) in [5, 5.41) is 0.276. The van der Waals surface area contributed by atoms with Crippen LogP contribution in [0.3, 0.4) is 0 Å². The molecule has 82 valence electrons. The summed E-state index contributed by atoms with van der Waals surface area (Å²) >= 11 is 0. The summed E-state index contributed by atoms with van der Waals surface area (Å²) in [5.74, 6) is 0.807. The SMILES string of the molecule is CC(C)(C)[Si](C)(C)OCC1CC1C=O. The Hall–Kier alpha value is -0.153. The van der Waals surface area contributed by atoms with E-state index in [1.54, 1.807) is 0 Å². The van der Waals surface area contributed by atoms with Gasteiger partial charge < -0.3 is 9.22 Å². The van der Waals surface area contributed by atoms with Crippen molar-refractivity contribution < 1.29 is 9.22 Å². The Morgan fingerprint density at radius 2 is 2.00 bits per heavy atom. The van der Waals surface area contributed by atoms with E-state index in [1.165, 1.54) is 0 Å². The quantitative estimate of drug-likeness (QED) is 0.531. The summed E-state index contributed by atoms with van der Waals surface area (Å²) in [4.78, 5) is 10.5. The van der Waals surface area contributed by atoms with Crippen molar-refractivity contribution in [1.29, 1.82) is 0 Å². The smallest absolute Gasteiger partial charge is 0.191 e. The molecule has 1 aliphatic rings. The van der Waals surface area contributed by atoms with E-state index in [-0.39, 0.29) is 5.04 Å². The number of carbonyl (C=O) groups excluding carboxylic acids is 1. The van der Waals surface area contributed by atoms with E-state index >= 15 is 0 Å². The number of hydrogen-bond donors (Lipinski definition) is 0. The Morgan fingerprint density at radius 3 is 2.36 bits per heavy atom. The minimum atomic E-state index is -1.59. The third kappa shape index (κ3) is 2.67. The van der Waals surface area contributed by atoms with Crippen molar-refractivity contribution >= 4 is 14.6 Å². The molecule has 1 fully saturated rings. The maximum Gasteiger partial charge on any atom is 0.191 e. The Kier molecular flexibility index (Phi) is 3.22. The number of hydrogen-bond acceptors (Lipinski definition) is 2. The number of rotatable bonds is 4. The molecule has 0 N–H and O–H groups in total. The van der Waals surface area contributed by atoms with Crippen molar-refractivity contribution in [2.75, 3.05) is 6.61 Å². The molecular weight excluding hydrogens is 192 g/mol. The zero-order valence-electron chi connectivity index (χ0n) is 9.96. The lowest BCUT2D eigenvalue weighted by Crippen LogP contribution is -2.41. The molecule has 0 amide bonds. The van der Waals surface area contributed by atoms with Gasteiger partial charge in [-0.25, -0.2) is 0 Å². The summed E-state index contributed by atoms with van der Waals surface area (Å²) in [6.45, 7) is 12.0. The van der Waals surface area contributed by atoms with Crippen LogP contribution in [-0.2, 0) is 9.22 Å². The number of carbonyl (C=O) groups is 1. The first-order valence-corrected chi connectivity index (χ1v) is 8.28. The van der Waals surface area contributed by atoms with Crippen LogP contribution in [-0.4, -0.2) is 21.2 Å². The second-order valence-electron chi connectivity index (χ2n) is 5.87. The van der Waals surface area contributed by atoms with Gasteiger partial charge >= 0.3 is 0 Å². The molecule has 1 aliphatic carbocycles. The minimum Gasteiger partial charge on any atom is -0.417 e. The summed E-state index contributed by atoms with van der Waals surface area (Å²) in [6, 6.07) is 0. The second kappa shape index (κ2) is 3.78. The van der Waals surface area contributed by atoms with Gasteiger partial charge in [-0.3, -0.25) is 0 Å². The van der Waals surface area contributed by atoms with Crippen LogP contribution in [0.4, 0.5) is 0 Å². The van der Waals surface area contributed by atoms with E-state index in [9.17, 15) is 4.79 Å². The van der Waals surface area contributed by atoms with Gasteiger partial charge in [-0.1, -0.05) is 20.8 Å². The first kappa shape index (κ1) is 11.9. The molecule has 1 rings (SSSR count). The van der Waals surface area contributed by atoms with E-state index < -0.39 is 8.32 Å². The lowest BCUT2D eigenvalue weighted by Gasteiger charge is -2.36. The van der Waals surface area contributed by atoms with E-state index in [4.69, 9.17) is 4.43 Å². The Balaban J connectivity index is 2.34. The Morgan fingerprint density at radius 1 is 1.43 bits per heavy atom. The first-order chi connectivity index (χ1) is 6.28. The zero-order chi connectivity index (χ0) is 11.0. The van der Waals surface area contributed by atoms with Crippen molar-refractivity contribution in [3.8, 4) is 0 Å². The summed E-state index contributed by atoms with van der Waals surface area (Å²) < 4.78 is 6.03. The molecule has 0 aromatic heterocycles. The Bertz CT molecular complexity index is 218. The van der Waals surface area contributed by atoms with Gasteiger partial charge in [-0.2, -0.15) is 0 Å². The Labute approximate surface area is 88.2 Å². The molecule has 0 aliphatic heterocycles. The fourth-order valence-electron chi connectivity index (χ4n) is 1.16. The van der Waals surface area contributed by atoms with Crippen molar-refractivity contribution in [3.63, 3.8) is 0 Å². The molecular formula is C11H22O2Si. The fourth-order valence-corrected chi connectivity index (χ4v) is 2.22. The van der Waals surface area contributed by atoms with Gasteiger partial charge in [0.25, 0.3) is 0 Å². The second-order valence-corrected chi connectivity index (χ2v) is 10.7. The van der Waals surface area contributed by atoms with E-state index in [2.05, 4.69) is 33.9 Å². The molecule has 2 unspecified atom stereocenters. The molecule has 0 aromatic rings. The maximum absolute atomic E-state index is 10.5. The highest BCUT2D eigenvalue weighted by Gasteiger charge is 2.42. The van der Waals surface area contributed by atoms with Gasteiger partial charge in [-0.05, 0) is 30.5 Å². The lowest BCUT2D eigenvalue weighted by atomic mass is 10.2. The molecule has 1 saturated carbocycles. The van der Waals surface area contributed by atoms with Gasteiger partial charge in [0.05, 0.1) is 0 Å². The van der Waals surface area contributed by atoms with E-state index in [1.807, 2.05) is 0 Å². The van der Waals surface area contributed by atoms with Crippen molar-refractivity contribution in [2.24, 2.45) is 11.8 Å². The minimum absolute atomic E-state index is 0.276. The monoisotopic (exact) mass is 214 g/mol. The van der Waals surface area contributed by atoms with Crippen LogP contribution in [0.15, 0.2) is 0 Å². The van der Waals surface area contributed by atoms with Crippen molar-refractivity contribution in [2.45, 2.75) is 45.3 Å². The molecule has 0 radical (unpaired) electrons. The standard InChI is InChI=1S/C11H22O2Si/c1-11(2,3)14(4,5)13-8-10-6-9(10)7-12/h7,9-10H,6,8H2,1-5H3. The average molecular weight is 214 g/mol. The predicted molar refractivity (Wildman–Crippen MR) is 60.8 cm³/mol. The molecule has 0 spiro atoms. The molecule has 14 heavy (non-hydrogen) atoms. The summed E-state index contributed by atoms with van der Waals surface area (Å²) in [7, 11) is -1.59. The lowest BCUT2D eigenvalue weighted by molar-refractivity contribution is -0.109. The molecule has 0 bridgehead atoms. The summed E-state index contributed by atoms with van der Waals surface area (Å²) in [6.07, 6.45) is 2.11. The van der Waals surface area contributed by atoms with E-state index in [0.717, 1.165) is 19.3 Å². The first-order valence-electron chi connectivity index (χ1n) is 5.37. The van der Waals surface area contributed by atoms with Crippen LogP contribution in [0.25, 0.3) is 0 Å². The molecule has 0 heterocycles. The maximum atomic E-state index is 10.5. The van der Waals surface area contributed by atoms with Crippen molar-refractivity contribution in [1.82, 2.24) is 0 Å². The molecule has 0 saturated heterocycles. The van der Waals surface area contributed by atoms with Crippen LogP contribution in [0.2, 0.25) is 18.1 Å². The highest BCUT2D eigenvalue weighted by atomic mass is 28.4. The van der Waals surface area contributed by atoms with Gasteiger partial charge in [-0.15, -0.1) is 0 Å². The fraction of sp³-hybridized carbons (Fsp3) is 0.909. The molecule has 0 aromatic carbocycles. The summed E-state index contributed by atoms with van der Waals surface area (Å²) in [5.41, 5.74) is 0. The normalized spacial score (nSPS) is 27.5. The van der Waals surface area contributed by atoms with Gasteiger partial charge in [0.2, 0.25) is 0 Å². The highest BCUT2D eigenvalue weighted by molar-refractivity contribution is 6.74. The van der Waals surface area contributed by atoms with Gasteiger partial charge in [0, 0.05) is 12.5 Å². The van der Waals surface area contributed by atoms with Crippen LogP contribution in [0, 0.1) is 11.8 Å². The van der Waals surface area contributed by atoms with Crippen LogP contribution < -0.4 is 0 Å². The van der Waals surface area contributed by atoms with Gasteiger partial charge in [0.1, 0.15) is 6.29 Å². The van der Waals surface area contributed by atoms with E-state index in [0.29, 0.717) is 11.8 Å². The average Bonchev–Trinajstić information content (AvgIpc) is 2.77. The largest absolute Gasteiger partial charge is 0.417 e.